The molecule has 2 heterocycles. The maximum atomic E-state index is 13.4. The topological polar surface area (TPSA) is 75.4 Å². The van der Waals surface area contributed by atoms with E-state index in [-0.39, 0.29) is 30.0 Å². The highest BCUT2D eigenvalue weighted by Crippen LogP contribution is 2.40. The number of carbonyl (C=O) groups excluding carboxylic acids is 2. The Morgan fingerprint density at radius 3 is 2.53 bits per heavy atom. The van der Waals surface area contributed by atoms with Gasteiger partial charge in [-0.2, -0.15) is 5.10 Å². The fourth-order valence-corrected chi connectivity index (χ4v) is 4.03. The molecule has 1 amide bonds. The van der Waals surface area contributed by atoms with E-state index in [0.29, 0.717) is 33.8 Å². The molecule has 2 aromatic carbocycles. The van der Waals surface area contributed by atoms with Crippen molar-refractivity contribution in [3.05, 3.63) is 71.0 Å². The van der Waals surface area contributed by atoms with Crippen LogP contribution in [0.3, 0.4) is 0 Å². The van der Waals surface area contributed by atoms with E-state index in [1.807, 2.05) is 0 Å². The van der Waals surface area contributed by atoms with Gasteiger partial charge in [0.05, 0.1) is 5.69 Å². The summed E-state index contributed by atoms with van der Waals surface area (Å²) in [4.78, 5) is 27.0. The second kappa shape index (κ2) is 6.88. The first-order chi connectivity index (χ1) is 14.5. The summed E-state index contributed by atoms with van der Waals surface area (Å²) in [5.41, 5.74) is 2.81. The molecule has 0 spiro atoms. The maximum Gasteiger partial charge on any atom is 0.262 e. The Labute approximate surface area is 172 Å². The lowest BCUT2D eigenvalue weighted by Gasteiger charge is -2.22. The molecule has 1 unspecified atom stereocenters. The highest BCUT2D eigenvalue weighted by Gasteiger charge is 2.40. The molecular weight excluding hydrogens is 385 g/mol. The van der Waals surface area contributed by atoms with Gasteiger partial charge in [-0.1, -0.05) is 18.2 Å². The van der Waals surface area contributed by atoms with E-state index in [0.717, 1.165) is 12.8 Å². The van der Waals surface area contributed by atoms with Crippen LogP contribution in [0.5, 0.6) is 0 Å². The Bertz CT molecular complexity index is 1160. The molecule has 6 nitrogen and oxygen atoms in total. The number of benzene rings is 2. The average molecular weight is 405 g/mol. The molecule has 2 aliphatic rings. The number of aromatic nitrogens is 2. The van der Waals surface area contributed by atoms with Gasteiger partial charge in [0.2, 0.25) is 0 Å². The van der Waals surface area contributed by atoms with Crippen LogP contribution in [-0.4, -0.2) is 26.6 Å². The van der Waals surface area contributed by atoms with E-state index in [2.05, 4.69) is 5.10 Å². The molecule has 1 saturated carbocycles. The van der Waals surface area contributed by atoms with E-state index in [4.69, 9.17) is 0 Å². The Morgan fingerprint density at radius 1 is 1.17 bits per heavy atom. The van der Waals surface area contributed by atoms with Crippen LogP contribution in [0, 0.1) is 18.7 Å². The lowest BCUT2D eigenvalue weighted by molar-refractivity contribution is -0.120. The summed E-state index contributed by atoms with van der Waals surface area (Å²) >= 11 is 0. The van der Waals surface area contributed by atoms with Crippen molar-refractivity contribution in [2.75, 3.05) is 4.90 Å². The average Bonchev–Trinajstić information content (AvgIpc) is 3.51. The van der Waals surface area contributed by atoms with Gasteiger partial charge >= 0.3 is 0 Å². The largest absolute Gasteiger partial charge is 0.369 e. The predicted molar refractivity (Wildman–Crippen MR) is 108 cm³/mol. The van der Waals surface area contributed by atoms with Crippen LogP contribution >= 0.6 is 0 Å². The number of fused-ring (bicyclic) bond motifs is 1. The summed E-state index contributed by atoms with van der Waals surface area (Å²) in [7, 11) is 0. The minimum absolute atomic E-state index is 0.0227. The van der Waals surface area contributed by atoms with Crippen molar-refractivity contribution in [1.29, 1.82) is 0 Å². The van der Waals surface area contributed by atoms with Gasteiger partial charge in [0, 0.05) is 28.2 Å². The van der Waals surface area contributed by atoms with Crippen molar-refractivity contribution < 1.29 is 19.1 Å². The number of anilines is 1. The number of amides is 1. The molecule has 0 radical (unpaired) electrons. The number of ketones is 1. The minimum Gasteiger partial charge on any atom is -0.369 e. The van der Waals surface area contributed by atoms with Crippen LogP contribution in [-0.2, 0) is 11.3 Å². The van der Waals surface area contributed by atoms with E-state index in [1.54, 1.807) is 43.3 Å². The molecule has 30 heavy (non-hydrogen) atoms. The van der Waals surface area contributed by atoms with Gasteiger partial charge in [0.15, 0.2) is 12.0 Å². The summed E-state index contributed by atoms with van der Waals surface area (Å²) < 4.78 is 14.9. The third-order valence-electron chi connectivity index (χ3n) is 5.77. The Morgan fingerprint density at radius 2 is 1.87 bits per heavy atom. The molecule has 152 valence electrons. The predicted octanol–water partition coefficient (Wildman–Crippen LogP) is 3.63. The molecule has 1 atom stereocenters. The van der Waals surface area contributed by atoms with Gasteiger partial charge in [-0.15, -0.1) is 0 Å². The second-order valence-corrected chi connectivity index (χ2v) is 7.84. The molecule has 5 rings (SSSR count). The molecule has 1 N–H and O–H groups in total. The van der Waals surface area contributed by atoms with Crippen molar-refractivity contribution in [3.8, 4) is 11.3 Å². The molecule has 1 fully saturated rings. The number of Topliss-reactive ketones (excluding diaryl/α,β-unsaturated/α-hetero) is 1. The monoisotopic (exact) mass is 405 g/mol. The first-order valence-corrected chi connectivity index (χ1v) is 9.92. The minimum atomic E-state index is -1.17. The maximum absolute atomic E-state index is 13.4. The van der Waals surface area contributed by atoms with Gasteiger partial charge in [-0.05, 0) is 50.1 Å². The molecule has 1 aromatic heterocycles. The first-order valence-electron chi connectivity index (χ1n) is 9.92. The van der Waals surface area contributed by atoms with E-state index >= 15 is 0 Å². The number of hydrogen-bond donors (Lipinski definition) is 1. The Hall–Kier alpha value is -3.32. The molecule has 3 aromatic rings. The van der Waals surface area contributed by atoms with Gasteiger partial charge in [0.25, 0.3) is 5.91 Å². The highest BCUT2D eigenvalue weighted by molar-refractivity contribution is 6.11. The lowest BCUT2D eigenvalue weighted by atomic mass is 10.1. The molecule has 7 heteroatoms. The fourth-order valence-electron chi connectivity index (χ4n) is 4.03. The van der Waals surface area contributed by atoms with Crippen LogP contribution < -0.4 is 4.90 Å². The SMILES string of the molecule is Cc1c(-c2ccc(F)cc2)nn(CC(=O)C2CC2)c1N1C(=O)c2ccccc2C1O. The smallest absolute Gasteiger partial charge is 0.262 e. The van der Waals surface area contributed by atoms with E-state index in [1.165, 1.54) is 21.7 Å². The first kappa shape index (κ1) is 18.7. The number of carbonyl (C=O) groups is 2. The van der Waals surface area contributed by atoms with Crippen molar-refractivity contribution in [1.82, 2.24) is 9.78 Å². The van der Waals surface area contributed by atoms with Crippen LogP contribution in [0.4, 0.5) is 10.2 Å². The van der Waals surface area contributed by atoms with Crippen molar-refractivity contribution in [3.63, 3.8) is 0 Å². The molecule has 1 aliphatic heterocycles. The van der Waals surface area contributed by atoms with E-state index in [9.17, 15) is 19.1 Å². The Balaban J connectivity index is 1.63. The fraction of sp³-hybridized carbons (Fsp3) is 0.261. The number of rotatable bonds is 5. The summed E-state index contributed by atoms with van der Waals surface area (Å²) in [6.07, 6.45) is 0.575. The third kappa shape index (κ3) is 2.93. The van der Waals surface area contributed by atoms with Crippen molar-refractivity contribution in [2.45, 2.75) is 32.5 Å². The molecule has 1 aliphatic carbocycles. The quantitative estimate of drug-likeness (QED) is 0.703. The second-order valence-electron chi connectivity index (χ2n) is 7.84. The summed E-state index contributed by atoms with van der Waals surface area (Å²) in [6.45, 7) is 1.82. The Kier molecular flexibility index (Phi) is 4.29. The number of aliphatic hydroxyl groups is 1. The summed E-state index contributed by atoms with van der Waals surface area (Å²) in [6, 6.07) is 12.8. The number of aliphatic hydroxyl groups excluding tert-OH is 1. The molecule has 0 saturated heterocycles. The zero-order chi connectivity index (χ0) is 21.0. The lowest BCUT2D eigenvalue weighted by Crippen LogP contribution is -2.31. The van der Waals surface area contributed by atoms with Gasteiger partial charge in [-0.3, -0.25) is 14.5 Å². The molecular formula is C23H20FN3O3. The van der Waals surface area contributed by atoms with E-state index < -0.39 is 6.23 Å². The van der Waals surface area contributed by atoms with Crippen LogP contribution in [0.15, 0.2) is 48.5 Å². The molecule has 0 bridgehead atoms. The van der Waals surface area contributed by atoms with Gasteiger partial charge in [0.1, 0.15) is 18.2 Å². The highest BCUT2D eigenvalue weighted by atomic mass is 19.1. The van der Waals surface area contributed by atoms with Crippen molar-refractivity contribution in [2.24, 2.45) is 5.92 Å². The zero-order valence-electron chi connectivity index (χ0n) is 16.4. The standard InChI is InChI=1S/C23H20FN3O3/c1-13-20(15-8-10-16(24)11-9-15)25-26(12-19(28)14-6-7-14)21(13)27-22(29)17-4-2-3-5-18(17)23(27)30/h2-5,8-11,14,22,29H,6-7,12H2,1H3. The number of hydrogen-bond acceptors (Lipinski definition) is 4. The summed E-state index contributed by atoms with van der Waals surface area (Å²) in [5.74, 6) is -0.222. The van der Waals surface area contributed by atoms with Crippen LogP contribution in [0.25, 0.3) is 11.3 Å². The number of nitrogens with zero attached hydrogens (tertiary/aromatic N) is 3. The zero-order valence-corrected chi connectivity index (χ0v) is 16.4. The normalized spacial score (nSPS) is 18.0. The van der Waals surface area contributed by atoms with Crippen LogP contribution in [0.2, 0.25) is 0 Å². The van der Waals surface area contributed by atoms with Gasteiger partial charge in [-0.25, -0.2) is 9.07 Å². The van der Waals surface area contributed by atoms with Crippen molar-refractivity contribution >= 4 is 17.5 Å². The summed E-state index contributed by atoms with van der Waals surface area (Å²) in [5, 5.41) is 15.5. The third-order valence-corrected chi connectivity index (χ3v) is 5.77. The van der Waals surface area contributed by atoms with Crippen LogP contribution in [0.1, 0.15) is 40.6 Å². The van der Waals surface area contributed by atoms with Gasteiger partial charge < -0.3 is 5.11 Å². The number of halogens is 1.